The zero-order chi connectivity index (χ0) is 18.1. The maximum atomic E-state index is 12.8. The highest BCUT2D eigenvalue weighted by Crippen LogP contribution is 2.32. The fourth-order valence-electron chi connectivity index (χ4n) is 3.26. The molecule has 0 saturated carbocycles. The molecule has 6 nitrogen and oxygen atoms in total. The van der Waals surface area contributed by atoms with Gasteiger partial charge in [-0.05, 0) is 18.1 Å². The number of hydrogen-bond acceptors (Lipinski definition) is 4. The Balaban J connectivity index is 1.64. The second-order valence-electron chi connectivity index (χ2n) is 6.20. The number of carbonyl (C=O) groups excluding carboxylic acids is 1. The summed E-state index contributed by atoms with van der Waals surface area (Å²) < 4.78 is 24.5. The van der Waals surface area contributed by atoms with E-state index in [-0.39, 0.29) is 17.7 Å². The number of fused-ring (bicyclic) bond motifs is 1. The van der Waals surface area contributed by atoms with Crippen LogP contribution >= 0.6 is 0 Å². The second kappa shape index (κ2) is 6.42. The Hall–Kier alpha value is -2.93. The Kier molecular flexibility index (Phi) is 4.08. The standard InChI is InChI=1S/C19H17N3O3S/c23-19(15-12-20-22-18(15)13-6-2-1-3-7-13)21-16-10-11-26(24,25)17-9-5-4-8-14(16)17/h1-9,12,16H,10-11H2,(H,20,22)(H,21,23). The van der Waals surface area contributed by atoms with Gasteiger partial charge in [-0.25, -0.2) is 8.42 Å². The topological polar surface area (TPSA) is 91.9 Å². The normalized spacial score (nSPS) is 18.1. The number of carbonyl (C=O) groups is 1. The molecule has 0 spiro atoms. The van der Waals surface area contributed by atoms with Gasteiger partial charge in [0.05, 0.1) is 34.1 Å². The van der Waals surface area contributed by atoms with Crippen LogP contribution < -0.4 is 5.32 Å². The number of sulfone groups is 1. The lowest BCUT2D eigenvalue weighted by molar-refractivity contribution is 0.0935. The van der Waals surface area contributed by atoms with Crippen LogP contribution in [0.15, 0.2) is 65.7 Å². The lowest BCUT2D eigenvalue weighted by Crippen LogP contribution is -2.34. The summed E-state index contributed by atoms with van der Waals surface area (Å²) in [6.07, 6.45) is 1.84. The highest BCUT2D eigenvalue weighted by molar-refractivity contribution is 7.91. The number of amides is 1. The van der Waals surface area contributed by atoms with Crippen LogP contribution in [0, 0.1) is 0 Å². The molecule has 0 radical (unpaired) electrons. The number of H-pyrrole nitrogens is 1. The molecule has 0 aliphatic carbocycles. The number of nitrogens with zero attached hydrogens (tertiary/aromatic N) is 1. The molecule has 2 N–H and O–H groups in total. The maximum absolute atomic E-state index is 12.8. The van der Waals surface area contributed by atoms with Crippen LogP contribution in [0.3, 0.4) is 0 Å². The average Bonchev–Trinajstić information content (AvgIpc) is 3.15. The van der Waals surface area contributed by atoms with Gasteiger partial charge in [0, 0.05) is 5.56 Å². The van der Waals surface area contributed by atoms with Crippen LogP contribution in [-0.2, 0) is 9.84 Å². The van der Waals surface area contributed by atoms with E-state index in [1.165, 1.54) is 6.20 Å². The maximum Gasteiger partial charge on any atom is 0.255 e. The summed E-state index contributed by atoms with van der Waals surface area (Å²) in [5.74, 6) is -0.261. The van der Waals surface area contributed by atoms with E-state index in [1.54, 1.807) is 24.3 Å². The molecule has 2 aromatic carbocycles. The largest absolute Gasteiger partial charge is 0.345 e. The van der Waals surface area contributed by atoms with Gasteiger partial charge in [-0.1, -0.05) is 48.5 Å². The van der Waals surface area contributed by atoms with E-state index in [2.05, 4.69) is 15.5 Å². The number of nitrogens with one attached hydrogen (secondary N) is 2. The van der Waals surface area contributed by atoms with Crippen molar-refractivity contribution in [2.75, 3.05) is 5.75 Å². The third-order valence-electron chi connectivity index (χ3n) is 4.56. The van der Waals surface area contributed by atoms with Crippen molar-refractivity contribution in [3.63, 3.8) is 0 Å². The van der Waals surface area contributed by atoms with E-state index < -0.39 is 9.84 Å². The smallest absolute Gasteiger partial charge is 0.255 e. The molecule has 7 heteroatoms. The zero-order valence-corrected chi connectivity index (χ0v) is 14.7. The molecule has 2 heterocycles. The minimum Gasteiger partial charge on any atom is -0.345 e. The number of hydrogen-bond donors (Lipinski definition) is 2. The molecule has 3 aromatic rings. The molecule has 1 aliphatic rings. The first-order valence-electron chi connectivity index (χ1n) is 8.27. The summed E-state index contributed by atoms with van der Waals surface area (Å²) in [5, 5.41) is 9.83. The van der Waals surface area contributed by atoms with Crippen molar-refractivity contribution in [3.05, 3.63) is 71.9 Å². The summed E-state index contributed by atoms with van der Waals surface area (Å²) in [7, 11) is -3.29. The van der Waals surface area contributed by atoms with E-state index in [0.717, 1.165) is 5.56 Å². The van der Waals surface area contributed by atoms with Crippen LogP contribution in [-0.4, -0.2) is 30.3 Å². The molecule has 1 atom stereocenters. The van der Waals surface area contributed by atoms with Gasteiger partial charge < -0.3 is 5.32 Å². The average molecular weight is 367 g/mol. The zero-order valence-electron chi connectivity index (χ0n) is 13.8. The number of aromatic amines is 1. The Morgan fingerprint density at radius 2 is 1.81 bits per heavy atom. The second-order valence-corrected chi connectivity index (χ2v) is 8.27. The molecular formula is C19H17N3O3S. The highest BCUT2D eigenvalue weighted by Gasteiger charge is 2.31. The van der Waals surface area contributed by atoms with E-state index >= 15 is 0 Å². The predicted octanol–water partition coefficient (Wildman–Crippen LogP) is 2.73. The summed E-state index contributed by atoms with van der Waals surface area (Å²) in [4.78, 5) is 13.1. The van der Waals surface area contributed by atoms with Crippen molar-refractivity contribution in [3.8, 4) is 11.3 Å². The molecule has 26 heavy (non-hydrogen) atoms. The molecule has 1 aromatic heterocycles. The minimum atomic E-state index is -3.29. The number of rotatable bonds is 3. The summed E-state index contributed by atoms with van der Waals surface area (Å²) in [6, 6.07) is 16.0. The summed E-state index contributed by atoms with van der Waals surface area (Å²) >= 11 is 0. The van der Waals surface area contributed by atoms with Crippen LogP contribution in [0.2, 0.25) is 0 Å². The van der Waals surface area contributed by atoms with E-state index in [9.17, 15) is 13.2 Å². The number of aromatic nitrogens is 2. The summed E-state index contributed by atoms with van der Waals surface area (Å²) in [5.41, 5.74) is 2.57. The lowest BCUT2D eigenvalue weighted by Gasteiger charge is -2.26. The fraction of sp³-hybridized carbons (Fsp3) is 0.158. The molecule has 0 saturated heterocycles. The van der Waals surface area contributed by atoms with Gasteiger partial charge in [0.2, 0.25) is 0 Å². The molecule has 0 fully saturated rings. The van der Waals surface area contributed by atoms with Crippen LogP contribution in [0.1, 0.15) is 28.4 Å². The van der Waals surface area contributed by atoms with Crippen molar-refractivity contribution in [2.24, 2.45) is 0 Å². The van der Waals surface area contributed by atoms with Gasteiger partial charge in [0.15, 0.2) is 9.84 Å². The Labute approximate surface area is 151 Å². The van der Waals surface area contributed by atoms with Gasteiger partial charge in [-0.15, -0.1) is 0 Å². The monoisotopic (exact) mass is 367 g/mol. The van der Waals surface area contributed by atoms with Crippen molar-refractivity contribution in [1.82, 2.24) is 15.5 Å². The first-order valence-corrected chi connectivity index (χ1v) is 9.93. The molecule has 4 rings (SSSR count). The Bertz CT molecular complexity index is 1060. The molecule has 1 aliphatic heterocycles. The van der Waals surface area contributed by atoms with Crippen LogP contribution in [0.25, 0.3) is 11.3 Å². The first kappa shape index (κ1) is 16.5. The third kappa shape index (κ3) is 2.90. The van der Waals surface area contributed by atoms with Gasteiger partial charge in [0.1, 0.15) is 0 Å². The SMILES string of the molecule is O=C(NC1CCS(=O)(=O)c2ccccc21)c1cn[nH]c1-c1ccccc1. The Morgan fingerprint density at radius 1 is 1.08 bits per heavy atom. The van der Waals surface area contributed by atoms with Gasteiger partial charge in [-0.3, -0.25) is 9.89 Å². The molecule has 132 valence electrons. The van der Waals surface area contributed by atoms with Crippen molar-refractivity contribution < 1.29 is 13.2 Å². The quantitative estimate of drug-likeness (QED) is 0.744. The van der Waals surface area contributed by atoms with E-state index in [4.69, 9.17) is 0 Å². The molecule has 1 unspecified atom stereocenters. The van der Waals surface area contributed by atoms with Gasteiger partial charge in [0.25, 0.3) is 5.91 Å². The van der Waals surface area contributed by atoms with Crippen LogP contribution in [0.5, 0.6) is 0 Å². The fourth-order valence-corrected chi connectivity index (χ4v) is 4.88. The minimum absolute atomic E-state index is 0.0197. The van der Waals surface area contributed by atoms with E-state index in [1.807, 2.05) is 30.3 Å². The van der Waals surface area contributed by atoms with Gasteiger partial charge in [-0.2, -0.15) is 5.10 Å². The van der Waals surface area contributed by atoms with Crippen molar-refractivity contribution in [1.29, 1.82) is 0 Å². The first-order chi connectivity index (χ1) is 12.6. The molecule has 0 bridgehead atoms. The van der Waals surface area contributed by atoms with Crippen molar-refractivity contribution in [2.45, 2.75) is 17.4 Å². The molecular weight excluding hydrogens is 350 g/mol. The predicted molar refractivity (Wildman–Crippen MR) is 97.3 cm³/mol. The number of benzene rings is 2. The lowest BCUT2D eigenvalue weighted by atomic mass is 10.0. The van der Waals surface area contributed by atoms with Crippen LogP contribution in [0.4, 0.5) is 0 Å². The highest BCUT2D eigenvalue weighted by atomic mass is 32.2. The van der Waals surface area contributed by atoms with Crippen molar-refractivity contribution >= 4 is 15.7 Å². The van der Waals surface area contributed by atoms with Gasteiger partial charge >= 0.3 is 0 Å². The molecule has 1 amide bonds. The third-order valence-corrected chi connectivity index (χ3v) is 6.37. The summed E-state index contributed by atoms with van der Waals surface area (Å²) in [6.45, 7) is 0. The Morgan fingerprint density at radius 3 is 2.62 bits per heavy atom. The van der Waals surface area contributed by atoms with E-state index in [0.29, 0.717) is 28.1 Å².